The number of rotatable bonds is 6. The van der Waals surface area contributed by atoms with Crippen molar-refractivity contribution in [3.8, 4) is 28.5 Å². The second-order valence-electron chi connectivity index (χ2n) is 6.59. The third-order valence-corrected chi connectivity index (χ3v) is 5.50. The van der Waals surface area contributed by atoms with Crippen LogP contribution in [0.15, 0.2) is 65.7 Å². The van der Waals surface area contributed by atoms with E-state index in [0.29, 0.717) is 17.2 Å². The Hall–Kier alpha value is -3.10. The number of nitrogens with zero attached hydrogens (tertiary/aromatic N) is 2. The third kappa shape index (κ3) is 4.85. The first-order valence-electron chi connectivity index (χ1n) is 9.44. The maximum atomic E-state index is 12.1. The van der Waals surface area contributed by atoms with Gasteiger partial charge in [0.05, 0.1) is 17.9 Å². The Labute approximate surface area is 175 Å². The highest BCUT2D eigenvalue weighted by Gasteiger charge is 2.22. The van der Waals surface area contributed by atoms with E-state index in [0.717, 1.165) is 27.9 Å². The number of thioether (sulfide) groups is 1. The van der Waals surface area contributed by atoms with Crippen molar-refractivity contribution in [1.82, 2.24) is 4.98 Å². The number of benzene rings is 2. The second-order valence-corrected chi connectivity index (χ2v) is 7.92. The normalized spacial score (nSPS) is 11.5. The molecule has 0 aliphatic rings. The smallest absolute Gasteiger partial charge is 0.319 e. The van der Waals surface area contributed by atoms with Gasteiger partial charge in [0.2, 0.25) is 0 Å². The number of esters is 1. The van der Waals surface area contributed by atoms with Crippen LogP contribution < -0.4 is 0 Å². The molecule has 1 heterocycles. The molecule has 4 nitrogen and oxygen atoms in total. The van der Waals surface area contributed by atoms with Crippen LogP contribution in [0, 0.1) is 18.3 Å². The number of carbonyl (C=O) groups excluding carboxylic acids is 1. The number of aryl methyl sites for hydroxylation is 1. The molecule has 0 N–H and O–H groups in total. The van der Waals surface area contributed by atoms with Crippen LogP contribution in [0.25, 0.3) is 22.4 Å². The summed E-state index contributed by atoms with van der Waals surface area (Å²) in [4.78, 5) is 16.9. The fourth-order valence-electron chi connectivity index (χ4n) is 2.91. The summed E-state index contributed by atoms with van der Waals surface area (Å²) in [5.74, 6) is -0.315. The van der Waals surface area contributed by atoms with Gasteiger partial charge in [-0.1, -0.05) is 71.9 Å². The van der Waals surface area contributed by atoms with Gasteiger partial charge in [0.15, 0.2) is 0 Å². The van der Waals surface area contributed by atoms with Gasteiger partial charge in [-0.2, -0.15) is 5.26 Å². The van der Waals surface area contributed by atoms with Gasteiger partial charge >= 0.3 is 5.97 Å². The molecule has 1 aromatic heterocycles. The molecule has 2 aromatic carbocycles. The third-order valence-electron chi connectivity index (χ3n) is 4.44. The number of carbonyl (C=O) groups is 1. The molecule has 1 unspecified atom stereocenters. The molecular weight excluding hydrogens is 380 g/mol. The van der Waals surface area contributed by atoms with Crippen molar-refractivity contribution in [1.29, 1.82) is 5.26 Å². The van der Waals surface area contributed by atoms with E-state index in [1.54, 1.807) is 13.8 Å². The van der Waals surface area contributed by atoms with Crippen molar-refractivity contribution in [2.24, 2.45) is 0 Å². The van der Waals surface area contributed by atoms with E-state index in [1.165, 1.54) is 11.8 Å². The van der Waals surface area contributed by atoms with Gasteiger partial charge in [0.25, 0.3) is 0 Å². The van der Waals surface area contributed by atoms with Crippen LogP contribution >= 0.6 is 11.8 Å². The Bertz CT molecular complexity index is 1040. The number of nitriles is 1. The molecule has 0 bridgehead atoms. The van der Waals surface area contributed by atoms with Gasteiger partial charge in [0, 0.05) is 11.1 Å². The molecule has 0 saturated heterocycles. The molecular formula is C24H22N2O2S. The minimum Gasteiger partial charge on any atom is -0.465 e. The number of ether oxygens (including phenoxy) is 1. The zero-order valence-corrected chi connectivity index (χ0v) is 17.5. The largest absolute Gasteiger partial charge is 0.465 e. The van der Waals surface area contributed by atoms with E-state index >= 15 is 0 Å². The summed E-state index contributed by atoms with van der Waals surface area (Å²) in [6.07, 6.45) is 0. The predicted molar refractivity (Wildman–Crippen MR) is 117 cm³/mol. The fourth-order valence-corrected chi connectivity index (χ4v) is 3.83. The molecule has 0 saturated carbocycles. The summed E-state index contributed by atoms with van der Waals surface area (Å²) in [6.45, 7) is 5.90. The average Bonchev–Trinajstić information content (AvgIpc) is 2.74. The topological polar surface area (TPSA) is 63.0 Å². The van der Waals surface area contributed by atoms with Gasteiger partial charge < -0.3 is 4.74 Å². The summed E-state index contributed by atoms with van der Waals surface area (Å²) in [7, 11) is 0. The Balaban J connectivity index is 2.15. The van der Waals surface area contributed by atoms with E-state index < -0.39 is 5.25 Å². The van der Waals surface area contributed by atoms with Crippen LogP contribution in [0.2, 0.25) is 0 Å². The van der Waals surface area contributed by atoms with Crippen LogP contribution in [0.5, 0.6) is 0 Å². The average molecular weight is 403 g/mol. The molecule has 0 fully saturated rings. The van der Waals surface area contributed by atoms with Gasteiger partial charge in [-0.05, 0) is 32.4 Å². The van der Waals surface area contributed by atoms with Crippen LogP contribution in [-0.2, 0) is 9.53 Å². The molecule has 3 aromatic rings. The van der Waals surface area contributed by atoms with Crippen molar-refractivity contribution in [2.45, 2.75) is 31.0 Å². The summed E-state index contributed by atoms with van der Waals surface area (Å²) < 4.78 is 5.12. The summed E-state index contributed by atoms with van der Waals surface area (Å²) in [5, 5.41) is 9.96. The molecule has 0 amide bonds. The Morgan fingerprint density at radius 3 is 2.45 bits per heavy atom. The molecule has 0 aliphatic heterocycles. The molecule has 29 heavy (non-hydrogen) atoms. The number of pyridine rings is 1. The lowest BCUT2D eigenvalue weighted by molar-refractivity contribution is -0.142. The van der Waals surface area contributed by atoms with Gasteiger partial charge in [-0.25, -0.2) is 4.98 Å². The van der Waals surface area contributed by atoms with Crippen molar-refractivity contribution in [3.05, 3.63) is 71.8 Å². The minimum absolute atomic E-state index is 0.315. The first-order valence-corrected chi connectivity index (χ1v) is 10.3. The highest BCUT2D eigenvalue weighted by atomic mass is 32.2. The van der Waals surface area contributed by atoms with E-state index in [2.05, 4.69) is 6.07 Å². The Morgan fingerprint density at radius 2 is 1.83 bits per heavy atom. The molecule has 3 rings (SSSR count). The molecule has 5 heteroatoms. The molecule has 0 aliphatic carbocycles. The molecule has 1 atom stereocenters. The number of hydrogen-bond donors (Lipinski definition) is 0. The van der Waals surface area contributed by atoms with E-state index in [4.69, 9.17) is 9.72 Å². The lowest BCUT2D eigenvalue weighted by atomic mass is 9.99. The zero-order valence-electron chi connectivity index (χ0n) is 16.7. The lowest BCUT2D eigenvalue weighted by Gasteiger charge is -2.15. The predicted octanol–water partition coefficient (Wildman–Crippen LogP) is 5.64. The first-order chi connectivity index (χ1) is 14.0. The summed E-state index contributed by atoms with van der Waals surface area (Å²) in [5.41, 5.74) is 5.09. The van der Waals surface area contributed by atoms with E-state index in [1.807, 2.05) is 67.6 Å². The monoisotopic (exact) mass is 402 g/mol. The highest BCUT2D eigenvalue weighted by molar-refractivity contribution is 8.00. The van der Waals surface area contributed by atoms with E-state index in [9.17, 15) is 10.1 Å². The molecule has 146 valence electrons. The standard InChI is InChI=1S/C24H22N2O2S/c1-4-28-24(27)17(3)29-23-21(15-25)20(18-8-6-5-7-9-18)14-22(26-23)19-12-10-16(2)11-13-19/h5-14,17H,4H2,1-3H3. The van der Waals surface area contributed by atoms with Gasteiger partial charge in [-0.15, -0.1) is 0 Å². The van der Waals surface area contributed by atoms with E-state index in [-0.39, 0.29) is 5.97 Å². The maximum absolute atomic E-state index is 12.1. The first kappa shape index (κ1) is 20.6. The van der Waals surface area contributed by atoms with Gasteiger partial charge in [-0.3, -0.25) is 4.79 Å². The van der Waals surface area contributed by atoms with Gasteiger partial charge in [0.1, 0.15) is 16.3 Å². The quantitative estimate of drug-likeness (QED) is 0.394. The number of aromatic nitrogens is 1. The van der Waals surface area contributed by atoms with Crippen LogP contribution in [0.3, 0.4) is 0 Å². The number of hydrogen-bond acceptors (Lipinski definition) is 5. The fraction of sp³-hybridized carbons (Fsp3) is 0.208. The Kier molecular flexibility index (Phi) is 6.69. The second kappa shape index (κ2) is 9.40. The highest BCUT2D eigenvalue weighted by Crippen LogP contribution is 2.35. The molecule has 0 radical (unpaired) electrons. The molecule has 0 spiro atoms. The lowest BCUT2D eigenvalue weighted by Crippen LogP contribution is -2.17. The summed E-state index contributed by atoms with van der Waals surface area (Å²) >= 11 is 1.26. The summed E-state index contributed by atoms with van der Waals surface area (Å²) in [6, 6.07) is 22.1. The SMILES string of the molecule is CCOC(=O)C(C)Sc1nc(-c2ccc(C)cc2)cc(-c2ccccc2)c1C#N. The Morgan fingerprint density at radius 1 is 1.14 bits per heavy atom. The zero-order chi connectivity index (χ0) is 20.8. The van der Waals surface area contributed by atoms with Crippen molar-refractivity contribution >= 4 is 17.7 Å². The van der Waals surface area contributed by atoms with Crippen molar-refractivity contribution in [2.75, 3.05) is 6.61 Å². The van der Waals surface area contributed by atoms with Crippen LogP contribution in [-0.4, -0.2) is 22.8 Å². The van der Waals surface area contributed by atoms with Crippen molar-refractivity contribution < 1.29 is 9.53 Å². The van der Waals surface area contributed by atoms with Crippen LogP contribution in [0.1, 0.15) is 25.0 Å². The maximum Gasteiger partial charge on any atom is 0.319 e. The van der Waals surface area contributed by atoms with Crippen molar-refractivity contribution in [3.63, 3.8) is 0 Å². The van der Waals surface area contributed by atoms with Crippen LogP contribution in [0.4, 0.5) is 0 Å². The minimum atomic E-state index is -0.466.